The van der Waals surface area contributed by atoms with E-state index in [2.05, 4.69) is 5.10 Å². The van der Waals surface area contributed by atoms with Crippen LogP contribution in [0.4, 0.5) is 0 Å². The van der Waals surface area contributed by atoms with Gasteiger partial charge in [-0.15, -0.1) is 0 Å². The van der Waals surface area contributed by atoms with E-state index in [4.69, 9.17) is 0 Å². The maximum atomic E-state index is 12.6. The smallest absolute Gasteiger partial charge is 0.341 e. The number of likely N-dealkylation sites (tertiary alicyclic amines) is 1. The number of para-hydroxylation sites is 1. The Morgan fingerprint density at radius 2 is 1.72 bits per heavy atom. The van der Waals surface area contributed by atoms with E-state index >= 15 is 0 Å². The minimum Gasteiger partial charge on any atom is -0.341 e. The quantitative estimate of drug-likeness (QED) is 0.666. The summed E-state index contributed by atoms with van der Waals surface area (Å²) in [6.45, 7) is 1.19. The highest BCUT2D eigenvalue weighted by molar-refractivity contribution is 5.76. The van der Waals surface area contributed by atoms with Crippen LogP contribution in [0.5, 0.6) is 0 Å². The summed E-state index contributed by atoms with van der Waals surface area (Å²) < 4.78 is 4.44. The summed E-state index contributed by atoms with van der Waals surface area (Å²) in [7, 11) is 1.65. The van der Waals surface area contributed by atoms with Gasteiger partial charge in [-0.25, -0.2) is 14.0 Å². The van der Waals surface area contributed by atoms with Crippen molar-refractivity contribution in [2.75, 3.05) is 13.1 Å². The highest BCUT2D eigenvalue weighted by atomic mass is 16.2. The van der Waals surface area contributed by atoms with E-state index in [-0.39, 0.29) is 29.6 Å². The van der Waals surface area contributed by atoms with Gasteiger partial charge in [-0.2, -0.15) is 5.10 Å². The first-order chi connectivity index (χ1) is 14.0. The lowest BCUT2D eigenvalue weighted by Crippen LogP contribution is -2.41. The van der Waals surface area contributed by atoms with Crippen molar-refractivity contribution in [3.8, 4) is 5.69 Å². The Balaban J connectivity index is 1.49. The molecule has 0 spiro atoms. The number of amides is 1. The lowest BCUT2D eigenvalue weighted by molar-refractivity contribution is -0.133. The number of carbonyl (C=O) groups excluding carboxylic acids is 1. The zero-order valence-electron chi connectivity index (χ0n) is 16.3. The van der Waals surface area contributed by atoms with Crippen molar-refractivity contribution in [1.82, 2.24) is 23.8 Å². The molecule has 2 aromatic heterocycles. The van der Waals surface area contributed by atoms with Gasteiger partial charge >= 0.3 is 5.69 Å². The van der Waals surface area contributed by atoms with Crippen LogP contribution in [0.15, 0.2) is 64.3 Å². The number of aromatic nitrogens is 4. The molecule has 3 aromatic rings. The lowest BCUT2D eigenvalue weighted by atomic mass is 9.95. The Bertz CT molecular complexity index is 1120. The molecule has 1 amide bonds. The summed E-state index contributed by atoms with van der Waals surface area (Å²) in [6.07, 6.45) is 3.07. The van der Waals surface area contributed by atoms with Crippen LogP contribution in [0.25, 0.3) is 5.69 Å². The van der Waals surface area contributed by atoms with Crippen molar-refractivity contribution in [3.63, 3.8) is 0 Å². The largest absolute Gasteiger partial charge is 0.350 e. The van der Waals surface area contributed by atoms with Crippen molar-refractivity contribution < 1.29 is 4.79 Å². The molecule has 1 aliphatic heterocycles. The zero-order valence-corrected chi connectivity index (χ0v) is 16.3. The molecule has 0 aliphatic carbocycles. The van der Waals surface area contributed by atoms with Crippen molar-refractivity contribution in [3.05, 3.63) is 81.4 Å². The average Bonchev–Trinajstić information content (AvgIpc) is 3.05. The number of pyridine rings is 1. The molecule has 0 saturated carbocycles. The van der Waals surface area contributed by atoms with Gasteiger partial charge in [0, 0.05) is 38.3 Å². The van der Waals surface area contributed by atoms with Crippen LogP contribution in [0.1, 0.15) is 24.6 Å². The standard InChI is InChI=1S/C21H23N5O3/c1-23-21(29)26(17-7-3-2-4-8-17)20(22-23)16-10-13-24(14-11-16)19(28)15-25-12-6-5-9-18(25)27/h2-9,12,16H,10-11,13-15H2,1H3. The van der Waals surface area contributed by atoms with E-state index in [9.17, 15) is 14.4 Å². The summed E-state index contributed by atoms with van der Waals surface area (Å²) in [5, 5.41) is 4.48. The van der Waals surface area contributed by atoms with Crippen molar-refractivity contribution >= 4 is 5.91 Å². The molecule has 1 aromatic carbocycles. The van der Waals surface area contributed by atoms with Crippen LogP contribution in [0.2, 0.25) is 0 Å². The lowest BCUT2D eigenvalue weighted by Gasteiger charge is -2.31. The maximum absolute atomic E-state index is 12.6. The van der Waals surface area contributed by atoms with E-state index in [1.165, 1.54) is 15.3 Å². The monoisotopic (exact) mass is 393 g/mol. The van der Waals surface area contributed by atoms with E-state index in [1.807, 2.05) is 30.3 Å². The number of aryl methyl sites for hydroxylation is 1. The van der Waals surface area contributed by atoms with Gasteiger partial charge in [0.2, 0.25) is 5.91 Å². The number of rotatable bonds is 4. The van der Waals surface area contributed by atoms with Crippen molar-refractivity contribution in [2.45, 2.75) is 25.3 Å². The molecule has 8 nitrogen and oxygen atoms in total. The van der Waals surface area contributed by atoms with Crippen LogP contribution < -0.4 is 11.2 Å². The Morgan fingerprint density at radius 1 is 1.03 bits per heavy atom. The van der Waals surface area contributed by atoms with Gasteiger partial charge in [0.25, 0.3) is 5.56 Å². The number of nitrogens with zero attached hydrogens (tertiary/aromatic N) is 5. The maximum Gasteiger partial charge on any atom is 0.350 e. The molecule has 3 heterocycles. The predicted octanol–water partition coefficient (Wildman–Crippen LogP) is 1.14. The number of carbonyl (C=O) groups is 1. The molecule has 150 valence electrons. The molecular weight excluding hydrogens is 370 g/mol. The number of benzene rings is 1. The Kier molecular flexibility index (Phi) is 5.16. The summed E-state index contributed by atoms with van der Waals surface area (Å²) >= 11 is 0. The molecule has 0 bridgehead atoms. The fraction of sp³-hybridized carbons (Fsp3) is 0.333. The molecule has 29 heavy (non-hydrogen) atoms. The van der Waals surface area contributed by atoms with Crippen LogP contribution >= 0.6 is 0 Å². The van der Waals surface area contributed by atoms with Gasteiger partial charge in [0.1, 0.15) is 12.4 Å². The Morgan fingerprint density at radius 3 is 2.41 bits per heavy atom. The van der Waals surface area contributed by atoms with Crippen molar-refractivity contribution in [2.24, 2.45) is 7.05 Å². The summed E-state index contributed by atoms with van der Waals surface area (Å²) in [4.78, 5) is 38.8. The third kappa shape index (κ3) is 3.78. The van der Waals surface area contributed by atoms with E-state index in [0.717, 1.165) is 24.4 Å². The minimum atomic E-state index is -0.184. The molecule has 0 atom stereocenters. The average molecular weight is 393 g/mol. The van der Waals surface area contributed by atoms with Crippen LogP contribution in [0, 0.1) is 0 Å². The van der Waals surface area contributed by atoms with Gasteiger partial charge in [-0.3, -0.25) is 9.59 Å². The first-order valence-corrected chi connectivity index (χ1v) is 9.69. The minimum absolute atomic E-state index is 0.0443. The van der Waals surface area contributed by atoms with Gasteiger partial charge in [0.15, 0.2) is 0 Å². The van der Waals surface area contributed by atoms with Gasteiger partial charge < -0.3 is 9.47 Å². The third-order valence-electron chi connectivity index (χ3n) is 5.38. The summed E-state index contributed by atoms with van der Waals surface area (Å²) in [5.41, 5.74) is 0.437. The third-order valence-corrected chi connectivity index (χ3v) is 5.38. The normalized spacial score (nSPS) is 14.9. The highest BCUT2D eigenvalue weighted by Crippen LogP contribution is 2.27. The van der Waals surface area contributed by atoms with Gasteiger partial charge in [-0.05, 0) is 31.0 Å². The predicted molar refractivity (Wildman–Crippen MR) is 108 cm³/mol. The number of hydrogen-bond donors (Lipinski definition) is 0. The van der Waals surface area contributed by atoms with Crippen molar-refractivity contribution in [1.29, 1.82) is 0 Å². The van der Waals surface area contributed by atoms with Crippen LogP contribution in [-0.2, 0) is 18.4 Å². The van der Waals surface area contributed by atoms with Crippen LogP contribution in [0.3, 0.4) is 0 Å². The molecule has 0 radical (unpaired) electrons. The van der Waals surface area contributed by atoms with Gasteiger partial charge in [-0.1, -0.05) is 24.3 Å². The number of hydrogen-bond acceptors (Lipinski definition) is 4. The second-order valence-corrected chi connectivity index (χ2v) is 7.26. The molecule has 1 saturated heterocycles. The molecule has 1 fully saturated rings. The topological polar surface area (TPSA) is 82.1 Å². The second kappa shape index (κ2) is 7.90. The van der Waals surface area contributed by atoms with Crippen LogP contribution in [-0.4, -0.2) is 42.8 Å². The van der Waals surface area contributed by atoms with E-state index in [0.29, 0.717) is 13.1 Å². The van der Waals surface area contributed by atoms with E-state index < -0.39 is 0 Å². The first kappa shape index (κ1) is 18.9. The number of piperidine rings is 1. The second-order valence-electron chi connectivity index (χ2n) is 7.26. The first-order valence-electron chi connectivity index (χ1n) is 9.69. The molecule has 8 heteroatoms. The molecule has 0 unspecified atom stereocenters. The SMILES string of the molecule is Cn1nc(C2CCN(C(=O)Cn3ccccc3=O)CC2)n(-c2ccccc2)c1=O. The van der Waals surface area contributed by atoms with E-state index in [1.54, 1.807) is 34.8 Å². The molecule has 1 aliphatic rings. The highest BCUT2D eigenvalue weighted by Gasteiger charge is 2.28. The Labute approximate surface area is 167 Å². The Hall–Kier alpha value is -3.42. The fourth-order valence-electron chi connectivity index (χ4n) is 3.79. The summed E-state index contributed by atoms with van der Waals surface area (Å²) in [5.74, 6) is 0.751. The summed E-state index contributed by atoms with van der Waals surface area (Å²) in [6, 6.07) is 14.3. The molecule has 0 N–H and O–H groups in total. The fourth-order valence-corrected chi connectivity index (χ4v) is 3.79. The molecule has 4 rings (SSSR count). The van der Waals surface area contributed by atoms with Gasteiger partial charge in [0.05, 0.1) is 5.69 Å². The zero-order chi connectivity index (χ0) is 20.4. The molecular formula is C21H23N5O3.